The van der Waals surface area contributed by atoms with Gasteiger partial charge in [-0.2, -0.15) is 0 Å². The van der Waals surface area contributed by atoms with Gasteiger partial charge in [-0.25, -0.2) is 0 Å². The fourth-order valence-corrected chi connectivity index (χ4v) is 2.38. The standard InChI is InChI=1S/C14H20N2O2/c1-9-4-5-10(2)13(6-9)16-7-11(3)15-12(8-17)14(16)18/h4-6,11-12,15,17H,7-8H2,1-3H3. The molecule has 2 N–H and O–H groups in total. The lowest BCUT2D eigenvalue weighted by molar-refractivity contribution is -0.123. The second-order valence-corrected chi connectivity index (χ2v) is 5.04. The maximum Gasteiger partial charge on any atom is 0.246 e. The van der Waals surface area contributed by atoms with Crippen LogP contribution in [0.5, 0.6) is 0 Å². The third-order valence-corrected chi connectivity index (χ3v) is 3.34. The van der Waals surface area contributed by atoms with Gasteiger partial charge >= 0.3 is 0 Å². The number of piperazine rings is 1. The molecule has 0 bridgehead atoms. The predicted molar refractivity (Wildman–Crippen MR) is 71.7 cm³/mol. The van der Waals surface area contributed by atoms with Gasteiger partial charge in [0.05, 0.1) is 6.61 Å². The zero-order valence-corrected chi connectivity index (χ0v) is 11.1. The van der Waals surface area contributed by atoms with Gasteiger partial charge in [0.2, 0.25) is 5.91 Å². The number of hydrogen-bond donors (Lipinski definition) is 2. The summed E-state index contributed by atoms with van der Waals surface area (Å²) in [5.74, 6) is -0.0516. The molecule has 2 unspecified atom stereocenters. The van der Waals surface area contributed by atoms with Crippen molar-refractivity contribution >= 4 is 11.6 Å². The molecule has 4 heteroatoms. The van der Waals surface area contributed by atoms with E-state index in [-0.39, 0.29) is 18.6 Å². The Bertz CT molecular complexity index is 459. The number of rotatable bonds is 2. The molecule has 2 atom stereocenters. The van der Waals surface area contributed by atoms with E-state index in [0.717, 1.165) is 16.8 Å². The molecule has 1 aromatic rings. The molecule has 0 spiro atoms. The van der Waals surface area contributed by atoms with Crippen LogP contribution in [0.25, 0.3) is 0 Å². The first kappa shape index (κ1) is 13.1. The number of aliphatic hydroxyl groups is 1. The van der Waals surface area contributed by atoms with E-state index in [1.165, 1.54) is 0 Å². The van der Waals surface area contributed by atoms with Crippen LogP contribution in [-0.4, -0.2) is 36.2 Å². The number of aryl methyl sites for hydroxylation is 2. The molecule has 2 rings (SSSR count). The Morgan fingerprint density at radius 2 is 2.17 bits per heavy atom. The maximum absolute atomic E-state index is 12.3. The van der Waals surface area contributed by atoms with E-state index in [1.807, 2.05) is 39.0 Å². The Morgan fingerprint density at radius 3 is 2.83 bits per heavy atom. The zero-order valence-electron chi connectivity index (χ0n) is 11.1. The summed E-state index contributed by atoms with van der Waals surface area (Å²) >= 11 is 0. The van der Waals surface area contributed by atoms with Crippen LogP contribution in [0, 0.1) is 13.8 Å². The highest BCUT2D eigenvalue weighted by Gasteiger charge is 2.32. The second kappa shape index (κ2) is 5.08. The maximum atomic E-state index is 12.3. The molecule has 1 heterocycles. The second-order valence-electron chi connectivity index (χ2n) is 5.04. The molecule has 98 valence electrons. The molecule has 1 aliphatic heterocycles. The van der Waals surface area contributed by atoms with Crippen molar-refractivity contribution in [3.8, 4) is 0 Å². The van der Waals surface area contributed by atoms with Gasteiger partial charge in [0.25, 0.3) is 0 Å². The van der Waals surface area contributed by atoms with Gasteiger partial charge in [0, 0.05) is 18.3 Å². The number of anilines is 1. The van der Waals surface area contributed by atoms with Crippen molar-refractivity contribution in [1.82, 2.24) is 5.32 Å². The number of aliphatic hydroxyl groups excluding tert-OH is 1. The molecular formula is C14H20N2O2. The first-order valence-electron chi connectivity index (χ1n) is 6.28. The lowest BCUT2D eigenvalue weighted by Crippen LogP contribution is -2.60. The van der Waals surface area contributed by atoms with E-state index in [1.54, 1.807) is 4.90 Å². The fraction of sp³-hybridized carbons (Fsp3) is 0.500. The summed E-state index contributed by atoms with van der Waals surface area (Å²) in [6, 6.07) is 5.78. The van der Waals surface area contributed by atoms with Crippen LogP contribution in [0.2, 0.25) is 0 Å². The van der Waals surface area contributed by atoms with E-state index in [9.17, 15) is 9.90 Å². The lowest BCUT2D eigenvalue weighted by Gasteiger charge is -2.37. The highest BCUT2D eigenvalue weighted by atomic mass is 16.3. The van der Waals surface area contributed by atoms with Crippen LogP contribution < -0.4 is 10.2 Å². The SMILES string of the molecule is Cc1ccc(C)c(N2CC(C)NC(CO)C2=O)c1. The van der Waals surface area contributed by atoms with E-state index in [2.05, 4.69) is 5.32 Å². The number of hydrogen-bond acceptors (Lipinski definition) is 3. The third kappa shape index (κ3) is 2.40. The molecule has 0 saturated carbocycles. The Balaban J connectivity index is 2.36. The topological polar surface area (TPSA) is 52.6 Å². The quantitative estimate of drug-likeness (QED) is 0.820. The molecule has 18 heavy (non-hydrogen) atoms. The van der Waals surface area contributed by atoms with Gasteiger partial charge < -0.3 is 10.0 Å². The number of nitrogens with zero attached hydrogens (tertiary/aromatic N) is 1. The van der Waals surface area contributed by atoms with Crippen molar-refractivity contribution in [3.05, 3.63) is 29.3 Å². The number of benzene rings is 1. The van der Waals surface area contributed by atoms with Gasteiger partial charge in [-0.3, -0.25) is 10.1 Å². The molecular weight excluding hydrogens is 228 g/mol. The predicted octanol–water partition coefficient (Wildman–Crippen LogP) is 0.989. The van der Waals surface area contributed by atoms with Crippen LogP contribution in [0.15, 0.2) is 18.2 Å². The van der Waals surface area contributed by atoms with E-state index < -0.39 is 6.04 Å². The van der Waals surface area contributed by atoms with Crippen molar-refractivity contribution in [2.24, 2.45) is 0 Å². The van der Waals surface area contributed by atoms with Crippen molar-refractivity contribution in [1.29, 1.82) is 0 Å². The Labute approximate surface area is 108 Å². The van der Waals surface area contributed by atoms with Gasteiger partial charge in [-0.1, -0.05) is 12.1 Å². The summed E-state index contributed by atoms with van der Waals surface area (Å²) in [4.78, 5) is 14.1. The Hall–Kier alpha value is -1.39. The first-order valence-corrected chi connectivity index (χ1v) is 6.28. The average Bonchev–Trinajstić information content (AvgIpc) is 2.35. The van der Waals surface area contributed by atoms with Crippen LogP contribution >= 0.6 is 0 Å². The summed E-state index contributed by atoms with van der Waals surface area (Å²) in [6.45, 7) is 6.52. The molecule has 0 radical (unpaired) electrons. The average molecular weight is 248 g/mol. The van der Waals surface area contributed by atoms with Gasteiger partial charge in [-0.05, 0) is 38.0 Å². The summed E-state index contributed by atoms with van der Waals surface area (Å²) in [5, 5.41) is 12.4. The minimum absolute atomic E-state index is 0.0516. The van der Waals surface area contributed by atoms with E-state index in [0.29, 0.717) is 6.54 Å². The molecule has 4 nitrogen and oxygen atoms in total. The first-order chi connectivity index (χ1) is 8.52. The van der Waals surface area contributed by atoms with Crippen molar-refractivity contribution in [2.45, 2.75) is 32.9 Å². The summed E-state index contributed by atoms with van der Waals surface area (Å²) in [7, 11) is 0. The minimum atomic E-state index is -0.492. The van der Waals surface area contributed by atoms with Crippen LogP contribution in [0.4, 0.5) is 5.69 Å². The molecule has 0 aromatic heterocycles. The Morgan fingerprint density at radius 1 is 1.44 bits per heavy atom. The highest BCUT2D eigenvalue weighted by Crippen LogP contribution is 2.24. The minimum Gasteiger partial charge on any atom is -0.394 e. The largest absolute Gasteiger partial charge is 0.394 e. The summed E-state index contributed by atoms with van der Waals surface area (Å²) in [5.41, 5.74) is 3.17. The van der Waals surface area contributed by atoms with E-state index in [4.69, 9.17) is 0 Å². The lowest BCUT2D eigenvalue weighted by atomic mass is 10.1. The van der Waals surface area contributed by atoms with Crippen molar-refractivity contribution in [2.75, 3.05) is 18.1 Å². The molecule has 1 aromatic carbocycles. The highest BCUT2D eigenvalue weighted by molar-refractivity contribution is 5.98. The van der Waals surface area contributed by atoms with Crippen LogP contribution in [0.1, 0.15) is 18.1 Å². The fourth-order valence-electron chi connectivity index (χ4n) is 2.38. The molecule has 1 aliphatic rings. The zero-order chi connectivity index (χ0) is 13.3. The molecule has 1 saturated heterocycles. The monoisotopic (exact) mass is 248 g/mol. The van der Waals surface area contributed by atoms with Crippen molar-refractivity contribution in [3.63, 3.8) is 0 Å². The molecule has 0 aliphatic carbocycles. The number of carbonyl (C=O) groups excluding carboxylic acids is 1. The molecule has 1 amide bonds. The number of amides is 1. The number of nitrogens with one attached hydrogen (secondary N) is 1. The summed E-state index contributed by atoms with van der Waals surface area (Å²) < 4.78 is 0. The van der Waals surface area contributed by atoms with Crippen LogP contribution in [-0.2, 0) is 4.79 Å². The van der Waals surface area contributed by atoms with Gasteiger partial charge in [-0.15, -0.1) is 0 Å². The van der Waals surface area contributed by atoms with Gasteiger partial charge in [0.15, 0.2) is 0 Å². The summed E-state index contributed by atoms with van der Waals surface area (Å²) in [6.07, 6.45) is 0. The third-order valence-electron chi connectivity index (χ3n) is 3.34. The normalized spacial score (nSPS) is 24.4. The van der Waals surface area contributed by atoms with Crippen LogP contribution in [0.3, 0.4) is 0 Å². The number of carbonyl (C=O) groups is 1. The Kier molecular flexibility index (Phi) is 3.68. The smallest absolute Gasteiger partial charge is 0.246 e. The van der Waals surface area contributed by atoms with Crippen molar-refractivity contribution < 1.29 is 9.90 Å². The molecule has 1 fully saturated rings. The van der Waals surface area contributed by atoms with E-state index >= 15 is 0 Å². The van der Waals surface area contributed by atoms with Gasteiger partial charge in [0.1, 0.15) is 6.04 Å².